The molecule has 0 aliphatic heterocycles. The summed E-state index contributed by atoms with van der Waals surface area (Å²) in [6.07, 6.45) is 3.84. The van der Waals surface area contributed by atoms with E-state index in [1.165, 1.54) is 18.4 Å². The number of methoxy groups -OCH3 is 2. The zero-order chi connectivity index (χ0) is 13.0. The van der Waals surface area contributed by atoms with E-state index in [4.69, 9.17) is 9.47 Å². The quantitative estimate of drug-likeness (QED) is 0.806. The van der Waals surface area contributed by atoms with E-state index in [9.17, 15) is 0 Å². The van der Waals surface area contributed by atoms with Gasteiger partial charge in [0.1, 0.15) is 11.5 Å². The third-order valence-electron chi connectivity index (χ3n) is 3.73. The molecule has 0 heterocycles. The molecule has 0 aromatic heterocycles. The molecule has 0 amide bonds. The molecular formula is C15H23NO2. The molecule has 3 heteroatoms. The molecule has 1 fully saturated rings. The smallest absolute Gasteiger partial charge is 0.122 e. The first-order chi connectivity index (χ1) is 8.80. The molecule has 1 aromatic rings. The van der Waals surface area contributed by atoms with Crippen molar-refractivity contribution in [3.8, 4) is 11.5 Å². The summed E-state index contributed by atoms with van der Waals surface area (Å²) in [4.78, 5) is 0. The third-order valence-corrected chi connectivity index (χ3v) is 3.73. The fourth-order valence-electron chi connectivity index (χ4n) is 2.57. The molecule has 0 bridgehead atoms. The van der Waals surface area contributed by atoms with Crippen LogP contribution in [0.3, 0.4) is 0 Å². The monoisotopic (exact) mass is 249 g/mol. The molecule has 18 heavy (non-hydrogen) atoms. The average Bonchev–Trinajstić information content (AvgIpc) is 3.23. The lowest BCUT2D eigenvalue weighted by Gasteiger charge is -2.20. The number of ether oxygens (including phenoxy) is 2. The van der Waals surface area contributed by atoms with Gasteiger partial charge < -0.3 is 14.8 Å². The first kappa shape index (κ1) is 13.2. The van der Waals surface area contributed by atoms with Crippen molar-refractivity contribution in [2.45, 2.75) is 25.2 Å². The minimum atomic E-state index is 0.586. The number of rotatable bonds is 7. The van der Waals surface area contributed by atoms with E-state index in [1.807, 2.05) is 19.2 Å². The lowest BCUT2D eigenvalue weighted by Crippen LogP contribution is -2.14. The molecule has 2 rings (SSSR count). The van der Waals surface area contributed by atoms with Gasteiger partial charge in [0.25, 0.3) is 0 Å². The van der Waals surface area contributed by atoms with Gasteiger partial charge in [0.2, 0.25) is 0 Å². The van der Waals surface area contributed by atoms with Gasteiger partial charge in [-0.25, -0.2) is 0 Å². The van der Waals surface area contributed by atoms with Crippen LogP contribution in [0.15, 0.2) is 18.2 Å². The molecule has 0 spiro atoms. The van der Waals surface area contributed by atoms with E-state index in [0.29, 0.717) is 5.92 Å². The predicted octanol–water partition coefficient (Wildman–Crippen LogP) is 2.81. The molecular weight excluding hydrogens is 226 g/mol. The second-order valence-electron chi connectivity index (χ2n) is 4.94. The first-order valence-electron chi connectivity index (χ1n) is 6.66. The molecule has 100 valence electrons. The van der Waals surface area contributed by atoms with Crippen molar-refractivity contribution in [1.82, 2.24) is 5.32 Å². The zero-order valence-electron chi connectivity index (χ0n) is 11.5. The van der Waals surface area contributed by atoms with Crippen LogP contribution in [0, 0.1) is 5.92 Å². The van der Waals surface area contributed by atoms with Crippen LogP contribution in [0.5, 0.6) is 11.5 Å². The highest BCUT2D eigenvalue weighted by Crippen LogP contribution is 2.47. The molecule has 1 N–H and O–H groups in total. The van der Waals surface area contributed by atoms with Gasteiger partial charge in [-0.2, -0.15) is 0 Å². The van der Waals surface area contributed by atoms with Crippen molar-refractivity contribution < 1.29 is 9.47 Å². The standard InChI is InChI=1S/C15H23NO2/c1-16-9-8-13(11-4-5-11)14-10-12(17-2)6-7-15(14)18-3/h6-7,10-11,13,16H,4-5,8-9H2,1-3H3. The van der Waals surface area contributed by atoms with E-state index in [0.717, 1.165) is 30.4 Å². The van der Waals surface area contributed by atoms with Gasteiger partial charge in [-0.05, 0) is 62.9 Å². The minimum Gasteiger partial charge on any atom is -0.497 e. The molecule has 1 atom stereocenters. The Morgan fingerprint density at radius 2 is 2.06 bits per heavy atom. The van der Waals surface area contributed by atoms with E-state index in [-0.39, 0.29) is 0 Å². The van der Waals surface area contributed by atoms with Crippen molar-refractivity contribution in [2.75, 3.05) is 27.8 Å². The first-order valence-corrected chi connectivity index (χ1v) is 6.66. The molecule has 1 aromatic carbocycles. The lowest BCUT2D eigenvalue weighted by atomic mass is 9.90. The number of hydrogen-bond donors (Lipinski definition) is 1. The molecule has 1 aliphatic carbocycles. The van der Waals surface area contributed by atoms with Gasteiger partial charge in [-0.1, -0.05) is 0 Å². The van der Waals surface area contributed by atoms with Gasteiger partial charge in [0.15, 0.2) is 0 Å². The van der Waals surface area contributed by atoms with Crippen LogP contribution in [0.1, 0.15) is 30.7 Å². The van der Waals surface area contributed by atoms with Gasteiger partial charge >= 0.3 is 0 Å². The largest absolute Gasteiger partial charge is 0.497 e. The normalized spacial score (nSPS) is 16.4. The predicted molar refractivity (Wildman–Crippen MR) is 73.6 cm³/mol. The second-order valence-corrected chi connectivity index (χ2v) is 4.94. The Morgan fingerprint density at radius 1 is 1.28 bits per heavy atom. The van der Waals surface area contributed by atoms with Crippen LogP contribution < -0.4 is 14.8 Å². The lowest BCUT2D eigenvalue weighted by molar-refractivity contribution is 0.389. The van der Waals surface area contributed by atoms with Gasteiger partial charge in [-0.15, -0.1) is 0 Å². The van der Waals surface area contributed by atoms with Crippen LogP contribution in [0.4, 0.5) is 0 Å². The molecule has 3 nitrogen and oxygen atoms in total. The molecule has 1 saturated carbocycles. The summed E-state index contributed by atoms with van der Waals surface area (Å²) in [5.41, 5.74) is 1.30. The van der Waals surface area contributed by atoms with Crippen LogP contribution in [-0.4, -0.2) is 27.8 Å². The number of benzene rings is 1. The molecule has 1 aliphatic rings. The van der Waals surface area contributed by atoms with Gasteiger partial charge in [0, 0.05) is 5.56 Å². The van der Waals surface area contributed by atoms with Crippen LogP contribution in [0.2, 0.25) is 0 Å². The topological polar surface area (TPSA) is 30.5 Å². The van der Waals surface area contributed by atoms with Crippen LogP contribution >= 0.6 is 0 Å². The summed E-state index contributed by atoms with van der Waals surface area (Å²) in [6.45, 7) is 1.04. The SMILES string of the molecule is CNCCC(c1cc(OC)ccc1OC)C1CC1. The van der Waals surface area contributed by atoms with Crippen molar-refractivity contribution in [1.29, 1.82) is 0 Å². The minimum absolute atomic E-state index is 0.586. The fraction of sp³-hybridized carbons (Fsp3) is 0.600. The maximum atomic E-state index is 5.51. The van der Waals surface area contributed by atoms with Crippen molar-refractivity contribution in [2.24, 2.45) is 5.92 Å². The summed E-state index contributed by atoms with van der Waals surface area (Å²) in [7, 11) is 5.46. The Labute approximate surface area is 109 Å². The Balaban J connectivity index is 2.25. The summed E-state index contributed by atoms with van der Waals surface area (Å²) < 4.78 is 10.8. The van der Waals surface area contributed by atoms with E-state index in [1.54, 1.807) is 14.2 Å². The van der Waals surface area contributed by atoms with Crippen LogP contribution in [-0.2, 0) is 0 Å². The zero-order valence-corrected chi connectivity index (χ0v) is 11.5. The highest BCUT2D eigenvalue weighted by Gasteiger charge is 2.33. The summed E-state index contributed by atoms with van der Waals surface area (Å²) >= 11 is 0. The summed E-state index contributed by atoms with van der Waals surface area (Å²) in [5, 5.41) is 3.24. The fourth-order valence-corrected chi connectivity index (χ4v) is 2.57. The third kappa shape index (κ3) is 2.96. The van der Waals surface area contributed by atoms with E-state index < -0.39 is 0 Å². The Bertz CT molecular complexity index is 388. The van der Waals surface area contributed by atoms with Crippen molar-refractivity contribution >= 4 is 0 Å². The molecule has 1 unspecified atom stereocenters. The Morgan fingerprint density at radius 3 is 2.61 bits per heavy atom. The Kier molecular flexibility index (Phi) is 4.48. The summed E-state index contributed by atoms with van der Waals surface area (Å²) in [5.74, 6) is 3.31. The molecule has 0 radical (unpaired) electrons. The maximum Gasteiger partial charge on any atom is 0.122 e. The molecule has 0 saturated heterocycles. The van der Waals surface area contributed by atoms with E-state index >= 15 is 0 Å². The Hall–Kier alpha value is -1.22. The van der Waals surface area contributed by atoms with Gasteiger partial charge in [-0.3, -0.25) is 0 Å². The van der Waals surface area contributed by atoms with Crippen LogP contribution in [0.25, 0.3) is 0 Å². The van der Waals surface area contributed by atoms with Crippen molar-refractivity contribution in [3.63, 3.8) is 0 Å². The second kappa shape index (κ2) is 6.10. The van der Waals surface area contributed by atoms with Gasteiger partial charge in [0.05, 0.1) is 14.2 Å². The maximum absolute atomic E-state index is 5.51. The van der Waals surface area contributed by atoms with E-state index in [2.05, 4.69) is 11.4 Å². The van der Waals surface area contributed by atoms with Crippen molar-refractivity contribution in [3.05, 3.63) is 23.8 Å². The summed E-state index contributed by atoms with van der Waals surface area (Å²) in [6, 6.07) is 6.12. The highest BCUT2D eigenvalue weighted by atomic mass is 16.5. The number of hydrogen-bond acceptors (Lipinski definition) is 3. The average molecular weight is 249 g/mol. The highest BCUT2D eigenvalue weighted by molar-refractivity contribution is 5.43. The number of nitrogens with one attached hydrogen (secondary N) is 1.